The Labute approximate surface area is 49.9 Å². The molecule has 1 aliphatic rings. The number of carboxylic acid groups (broad SMARTS) is 2. The molecule has 1 rings (SSSR count). The van der Waals surface area contributed by atoms with Crippen molar-refractivity contribution in [3.05, 3.63) is 0 Å². The van der Waals surface area contributed by atoms with Gasteiger partial charge in [-0.2, -0.15) is 0 Å². The summed E-state index contributed by atoms with van der Waals surface area (Å²) in [5.41, 5.74) is 0. The molecule has 5 heteroatoms. The van der Waals surface area contributed by atoms with Crippen LogP contribution in [0.15, 0.2) is 0 Å². The molecule has 0 aliphatic carbocycles. The number of ether oxygens (including phenoxy) is 1. The Morgan fingerprint density at radius 3 is 1.56 bits per heavy atom. The lowest BCUT2D eigenvalue weighted by atomic mass is 10.3. The molecule has 5 nitrogen and oxygen atoms in total. The van der Waals surface area contributed by atoms with Crippen molar-refractivity contribution in [1.29, 1.82) is 0 Å². The lowest BCUT2D eigenvalue weighted by Gasteiger charge is -1.78. The smallest absolute Gasteiger partial charge is 0.336 e. The highest BCUT2D eigenvalue weighted by molar-refractivity contribution is 5.87. The lowest BCUT2D eigenvalue weighted by Crippen LogP contribution is -2.14. The van der Waals surface area contributed by atoms with Crippen LogP contribution < -0.4 is 0 Å². The van der Waals surface area contributed by atoms with E-state index >= 15 is 0 Å². The number of hydrogen-bond acceptors (Lipinski definition) is 3. The quantitative estimate of drug-likeness (QED) is 0.467. The molecule has 1 fully saturated rings. The molecular weight excluding hydrogens is 128 g/mol. The van der Waals surface area contributed by atoms with E-state index in [9.17, 15) is 9.59 Å². The van der Waals surface area contributed by atoms with E-state index in [4.69, 9.17) is 10.2 Å². The van der Waals surface area contributed by atoms with Gasteiger partial charge in [0, 0.05) is 0 Å². The maximum absolute atomic E-state index is 9.89. The van der Waals surface area contributed by atoms with Gasteiger partial charge in [0.15, 0.2) is 12.2 Å². The van der Waals surface area contributed by atoms with Gasteiger partial charge >= 0.3 is 11.9 Å². The Kier molecular flexibility index (Phi) is 1.14. The second-order valence-corrected chi connectivity index (χ2v) is 1.65. The standard InChI is InChI=1S/C4H4O5/c5-3(6)1-2(9-1)4(7)8/h1-2H,(H,5,6)(H,7,8)/t1-,2?/m0/s1. The molecule has 0 aromatic heterocycles. The van der Waals surface area contributed by atoms with Gasteiger partial charge < -0.3 is 14.9 Å². The number of epoxide rings is 1. The molecule has 0 radical (unpaired) electrons. The molecule has 1 aliphatic heterocycles. The monoisotopic (exact) mass is 132 g/mol. The molecule has 0 bridgehead atoms. The first kappa shape index (κ1) is 6.03. The van der Waals surface area contributed by atoms with Crippen molar-refractivity contribution in [2.24, 2.45) is 0 Å². The third-order valence-electron chi connectivity index (χ3n) is 0.978. The minimum atomic E-state index is -1.22. The summed E-state index contributed by atoms with van der Waals surface area (Å²) in [6.07, 6.45) is -2.25. The number of aliphatic carboxylic acids is 2. The average Bonchev–Trinajstić information content (AvgIpc) is 2.39. The van der Waals surface area contributed by atoms with E-state index in [1.54, 1.807) is 0 Å². The molecule has 0 spiro atoms. The summed E-state index contributed by atoms with van der Waals surface area (Å²) in [5.74, 6) is -2.44. The normalized spacial score (nSPS) is 31.6. The Morgan fingerprint density at radius 2 is 1.44 bits per heavy atom. The zero-order chi connectivity index (χ0) is 7.02. The van der Waals surface area contributed by atoms with Gasteiger partial charge in [0.1, 0.15) is 0 Å². The maximum Gasteiger partial charge on any atom is 0.336 e. The highest BCUT2D eigenvalue weighted by Crippen LogP contribution is 2.21. The molecule has 0 amide bonds. The Morgan fingerprint density at radius 1 is 1.11 bits per heavy atom. The van der Waals surface area contributed by atoms with Gasteiger partial charge in [0.05, 0.1) is 0 Å². The van der Waals surface area contributed by atoms with E-state index in [-0.39, 0.29) is 0 Å². The van der Waals surface area contributed by atoms with Crippen molar-refractivity contribution in [1.82, 2.24) is 0 Å². The summed E-state index contributed by atoms with van der Waals surface area (Å²) in [4.78, 5) is 19.8. The van der Waals surface area contributed by atoms with E-state index in [1.807, 2.05) is 0 Å². The van der Waals surface area contributed by atoms with Crippen LogP contribution in [0.4, 0.5) is 0 Å². The minimum absolute atomic E-state index is 1.12. The van der Waals surface area contributed by atoms with Crippen molar-refractivity contribution in [2.45, 2.75) is 12.2 Å². The van der Waals surface area contributed by atoms with Crippen LogP contribution in [0, 0.1) is 0 Å². The molecule has 2 atom stereocenters. The highest BCUT2D eigenvalue weighted by atomic mass is 16.6. The average molecular weight is 132 g/mol. The summed E-state index contributed by atoms with van der Waals surface area (Å²) in [6, 6.07) is 0. The van der Waals surface area contributed by atoms with Crippen LogP contribution in [0.5, 0.6) is 0 Å². The lowest BCUT2D eigenvalue weighted by molar-refractivity contribution is -0.140. The van der Waals surface area contributed by atoms with Crippen molar-refractivity contribution in [3.8, 4) is 0 Å². The minimum Gasteiger partial charge on any atom is -0.479 e. The van der Waals surface area contributed by atoms with Gasteiger partial charge in [0.25, 0.3) is 0 Å². The second kappa shape index (κ2) is 1.70. The first-order valence-corrected chi connectivity index (χ1v) is 2.24. The molecule has 0 aromatic carbocycles. The predicted molar refractivity (Wildman–Crippen MR) is 23.9 cm³/mol. The zero-order valence-electron chi connectivity index (χ0n) is 4.27. The largest absolute Gasteiger partial charge is 0.479 e. The van der Waals surface area contributed by atoms with Crippen molar-refractivity contribution >= 4 is 11.9 Å². The van der Waals surface area contributed by atoms with Gasteiger partial charge in [-0.3, -0.25) is 0 Å². The van der Waals surface area contributed by atoms with Crippen LogP contribution >= 0.6 is 0 Å². The fourth-order valence-corrected chi connectivity index (χ4v) is 0.488. The van der Waals surface area contributed by atoms with E-state index in [0.717, 1.165) is 0 Å². The number of rotatable bonds is 2. The second-order valence-electron chi connectivity index (χ2n) is 1.65. The first-order chi connectivity index (χ1) is 4.13. The first-order valence-electron chi connectivity index (χ1n) is 2.24. The molecule has 9 heavy (non-hydrogen) atoms. The van der Waals surface area contributed by atoms with Gasteiger partial charge in [-0.15, -0.1) is 0 Å². The van der Waals surface area contributed by atoms with Crippen LogP contribution in [0.1, 0.15) is 0 Å². The third kappa shape index (κ3) is 0.996. The van der Waals surface area contributed by atoms with Crippen molar-refractivity contribution in [2.75, 3.05) is 0 Å². The van der Waals surface area contributed by atoms with Gasteiger partial charge in [0.2, 0.25) is 0 Å². The molecule has 1 saturated heterocycles. The summed E-state index contributed by atoms with van der Waals surface area (Å²) in [5, 5.41) is 16.2. The van der Waals surface area contributed by atoms with Crippen molar-refractivity contribution < 1.29 is 24.5 Å². The third-order valence-corrected chi connectivity index (χ3v) is 0.978. The Bertz CT molecular complexity index is 144. The molecule has 0 aromatic rings. The number of hydrogen-bond donors (Lipinski definition) is 2. The Balaban J connectivity index is 2.42. The van der Waals surface area contributed by atoms with Crippen LogP contribution in [0.25, 0.3) is 0 Å². The van der Waals surface area contributed by atoms with E-state index < -0.39 is 24.1 Å². The maximum atomic E-state index is 9.89. The zero-order valence-corrected chi connectivity index (χ0v) is 4.27. The van der Waals surface area contributed by atoms with Crippen LogP contribution in [0.2, 0.25) is 0 Å². The summed E-state index contributed by atoms with van der Waals surface area (Å²) < 4.78 is 4.24. The Hall–Kier alpha value is -1.10. The molecule has 1 unspecified atom stereocenters. The molecule has 0 saturated carbocycles. The number of carboxylic acids is 2. The SMILES string of the molecule is O=C(O)C1O[C@@H]1C(=O)O. The van der Waals surface area contributed by atoms with Crippen LogP contribution in [-0.4, -0.2) is 34.4 Å². The summed E-state index contributed by atoms with van der Waals surface area (Å²) in [7, 11) is 0. The summed E-state index contributed by atoms with van der Waals surface area (Å²) in [6.45, 7) is 0. The van der Waals surface area contributed by atoms with Gasteiger partial charge in [-0.25, -0.2) is 9.59 Å². The fourth-order valence-electron chi connectivity index (χ4n) is 0.488. The molecule has 1 heterocycles. The van der Waals surface area contributed by atoms with Crippen molar-refractivity contribution in [3.63, 3.8) is 0 Å². The topological polar surface area (TPSA) is 87.1 Å². The van der Waals surface area contributed by atoms with E-state index in [2.05, 4.69) is 4.74 Å². The fraction of sp³-hybridized carbons (Fsp3) is 0.500. The van der Waals surface area contributed by atoms with E-state index in [1.165, 1.54) is 0 Å². The molecular formula is C4H4O5. The summed E-state index contributed by atoms with van der Waals surface area (Å²) >= 11 is 0. The molecule has 2 N–H and O–H groups in total. The van der Waals surface area contributed by atoms with Crippen LogP contribution in [-0.2, 0) is 14.3 Å². The van der Waals surface area contributed by atoms with Gasteiger partial charge in [-0.1, -0.05) is 0 Å². The molecule has 50 valence electrons. The van der Waals surface area contributed by atoms with Crippen LogP contribution in [0.3, 0.4) is 0 Å². The number of carbonyl (C=O) groups is 2. The van der Waals surface area contributed by atoms with E-state index in [0.29, 0.717) is 0 Å². The highest BCUT2D eigenvalue weighted by Gasteiger charge is 2.50. The predicted octanol–water partition coefficient (Wildman–Crippen LogP) is -1.08. The van der Waals surface area contributed by atoms with Gasteiger partial charge in [-0.05, 0) is 0 Å².